The second-order valence-corrected chi connectivity index (χ2v) is 8.09. The van der Waals surface area contributed by atoms with E-state index in [2.05, 4.69) is 37.4 Å². The van der Waals surface area contributed by atoms with E-state index in [4.69, 9.17) is 11.6 Å². The Balaban J connectivity index is 1.39. The van der Waals surface area contributed by atoms with Crippen LogP contribution in [-0.4, -0.2) is 32.5 Å². The van der Waals surface area contributed by atoms with Gasteiger partial charge in [-0.1, -0.05) is 60.5 Å². The molecule has 5 nitrogen and oxygen atoms in total. The van der Waals surface area contributed by atoms with E-state index in [1.807, 2.05) is 24.3 Å². The number of aromatic nitrogens is 4. The molecule has 2 aromatic heterocycles. The molecule has 0 atom stereocenters. The number of aryl methyl sites for hydroxylation is 1. The van der Waals surface area contributed by atoms with E-state index in [9.17, 15) is 0 Å². The predicted octanol–water partition coefficient (Wildman–Crippen LogP) is 5.36. The number of nitrogens with one attached hydrogen (secondary N) is 1. The van der Waals surface area contributed by atoms with Gasteiger partial charge in [-0.25, -0.2) is 4.98 Å². The van der Waals surface area contributed by atoms with Gasteiger partial charge in [0.25, 0.3) is 0 Å². The summed E-state index contributed by atoms with van der Waals surface area (Å²) in [6, 6.07) is 10.7. The number of benzene rings is 1. The molecule has 1 aliphatic carbocycles. The van der Waals surface area contributed by atoms with Crippen molar-refractivity contribution in [3.8, 4) is 0 Å². The van der Waals surface area contributed by atoms with E-state index in [1.54, 1.807) is 11.8 Å². The monoisotopic (exact) mass is 401 g/mol. The molecule has 1 saturated carbocycles. The Morgan fingerprint density at radius 2 is 2.04 bits per heavy atom. The van der Waals surface area contributed by atoms with Gasteiger partial charge in [0, 0.05) is 24.4 Å². The van der Waals surface area contributed by atoms with E-state index in [1.165, 1.54) is 25.7 Å². The summed E-state index contributed by atoms with van der Waals surface area (Å²) in [6.07, 6.45) is 9.09. The molecule has 4 rings (SSSR count). The molecule has 0 saturated heterocycles. The zero-order chi connectivity index (χ0) is 18.6. The molecule has 0 unspecified atom stereocenters. The number of anilines is 1. The fourth-order valence-corrected chi connectivity index (χ4v) is 4.69. The minimum atomic E-state index is 0.543. The van der Waals surface area contributed by atoms with Gasteiger partial charge >= 0.3 is 0 Å². The van der Waals surface area contributed by atoms with Crippen molar-refractivity contribution in [3.05, 3.63) is 41.3 Å². The highest BCUT2D eigenvalue weighted by Gasteiger charge is 2.23. The summed E-state index contributed by atoms with van der Waals surface area (Å²) >= 11 is 8.00. The van der Waals surface area contributed by atoms with E-state index in [0.29, 0.717) is 11.2 Å². The van der Waals surface area contributed by atoms with Gasteiger partial charge in [0.05, 0.1) is 0 Å². The van der Waals surface area contributed by atoms with Crippen LogP contribution in [0.2, 0.25) is 5.15 Å². The van der Waals surface area contributed by atoms with Gasteiger partial charge in [-0.2, -0.15) is 0 Å². The molecule has 7 heteroatoms. The number of thioether (sulfide) groups is 1. The quantitative estimate of drug-likeness (QED) is 0.328. The van der Waals surface area contributed by atoms with Crippen LogP contribution in [0, 0.1) is 0 Å². The number of hydrogen-bond acceptors (Lipinski definition) is 5. The highest BCUT2D eigenvalue weighted by Crippen LogP contribution is 2.33. The normalized spacial score (nSPS) is 14.9. The minimum absolute atomic E-state index is 0.543. The Bertz CT molecular complexity index is 920. The van der Waals surface area contributed by atoms with Crippen LogP contribution in [0.5, 0.6) is 0 Å². The lowest BCUT2D eigenvalue weighted by atomic mass is 10.2. The van der Waals surface area contributed by atoms with Gasteiger partial charge in [0.1, 0.15) is 16.8 Å². The van der Waals surface area contributed by atoms with Crippen LogP contribution in [0.15, 0.2) is 35.5 Å². The molecule has 0 aliphatic heterocycles. The van der Waals surface area contributed by atoms with Crippen molar-refractivity contribution in [1.82, 2.24) is 19.7 Å². The molecule has 0 amide bonds. The maximum Gasteiger partial charge on any atom is 0.191 e. The van der Waals surface area contributed by atoms with E-state index in [0.717, 1.165) is 47.0 Å². The largest absolute Gasteiger partial charge is 0.370 e. The van der Waals surface area contributed by atoms with Crippen LogP contribution in [0.1, 0.15) is 44.0 Å². The van der Waals surface area contributed by atoms with Gasteiger partial charge < -0.3 is 9.88 Å². The SMILES string of the molecule is CSc1nnc(CCCNc2cc3ccccc3c(Cl)n2)n1C1CCCC1. The molecule has 1 aromatic carbocycles. The van der Waals surface area contributed by atoms with Crippen LogP contribution in [0.3, 0.4) is 0 Å². The van der Waals surface area contributed by atoms with Crippen molar-refractivity contribution in [3.63, 3.8) is 0 Å². The first kappa shape index (κ1) is 18.6. The highest BCUT2D eigenvalue weighted by molar-refractivity contribution is 7.98. The first-order valence-electron chi connectivity index (χ1n) is 9.53. The van der Waals surface area contributed by atoms with Crippen molar-refractivity contribution < 1.29 is 0 Å². The van der Waals surface area contributed by atoms with Crippen LogP contribution >= 0.6 is 23.4 Å². The van der Waals surface area contributed by atoms with Gasteiger partial charge in [-0.15, -0.1) is 10.2 Å². The average Bonchev–Trinajstić information content (AvgIpc) is 3.34. The molecule has 0 bridgehead atoms. The second kappa shape index (κ2) is 8.48. The van der Waals surface area contributed by atoms with E-state index < -0.39 is 0 Å². The Morgan fingerprint density at radius 3 is 2.85 bits per heavy atom. The van der Waals surface area contributed by atoms with Crippen molar-refractivity contribution in [2.45, 2.75) is 49.7 Å². The molecular formula is C20H24ClN5S. The molecular weight excluding hydrogens is 378 g/mol. The summed E-state index contributed by atoms with van der Waals surface area (Å²) in [7, 11) is 0. The summed E-state index contributed by atoms with van der Waals surface area (Å²) in [5, 5.41) is 15.9. The second-order valence-electron chi connectivity index (χ2n) is 6.96. The Kier molecular flexibility index (Phi) is 5.83. The fraction of sp³-hybridized carbons (Fsp3) is 0.450. The lowest BCUT2D eigenvalue weighted by molar-refractivity contribution is 0.461. The lowest BCUT2D eigenvalue weighted by Gasteiger charge is -2.16. The highest BCUT2D eigenvalue weighted by atomic mass is 35.5. The number of pyridine rings is 1. The van der Waals surface area contributed by atoms with Gasteiger partial charge in [-0.3, -0.25) is 0 Å². The van der Waals surface area contributed by atoms with Gasteiger partial charge in [0.15, 0.2) is 5.16 Å². The Hall–Kier alpha value is -1.79. The maximum atomic E-state index is 6.31. The third-order valence-corrected chi connectivity index (χ3v) is 6.12. The van der Waals surface area contributed by atoms with Crippen molar-refractivity contribution in [1.29, 1.82) is 0 Å². The number of rotatable bonds is 7. The molecule has 27 heavy (non-hydrogen) atoms. The zero-order valence-corrected chi connectivity index (χ0v) is 17.1. The summed E-state index contributed by atoms with van der Waals surface area (Å²) in [6.45, 7) is 0.827. The first-order chi connectivity index (χ1) is 13.3. The standard InChI is InChI=1S/C20H24ClN5S/c1-27-20-25-24-18(26(20)15-8-3-4-9-15)11-6-12-22-17-13-14-7-2-5-10-16(14)19(21)23-17/h2,5,7,10,13,15H,3-4,6,8-9,11-12H2,1H3,(H,22,23). The van der Waals surface area contributed by atoms with Gasteiger partial charge in [0.2, 0.25) is 0 Å². The number of nitrogens with zero attached hydrogens (tertiary/aromatic N) is 4. The average molecular weight is 402 g/mol. The smallest absolute Gasteiger partial charge is 0.191 e. The topological polar surface area (TPSA) is 55.6 Å². The maximum absolute atomic E-state index is 6.31. The molecule has 1 N–H and O–H groups in total. The molecule has 3 aromatic rings. The van der Waals surface area contributed by atoms with E-state index >= 15 is 0 Å². The molecule has 0 spiro atoms. The van der Waals surface area contributed by atoms with Crippen molar-refractivity contribution in [2.24, 2.45) is 0 Å². The Labute approximate surface area is 168 Å². The fourth-order valence-electron chi connectivity index (χ4n) is 3.86. The summed E-state index contributed by atoms with van der Waals surface area (Å²) in [4.78, 5) is 4.46. The first-order valence-corrected chi connectivity index (χ1v) is 11.1. The molecule has 1 fully saturated rings. The molecule has 1 aliphatic rings. The minimum Gasteiger partial charge on any atom is -0.370 e. The molecule has 2 heterocycles. The van der Waals surface area contributed by atoms with Crippen LogP contribution in [-0.2, 0) is 6.42 Å². The summed E-state index contributed by atoms with van der Waals surface area (Å²) < 4.78 is 2.38. The van der Waals surface area contributed by atoms with Crippen molar-refractivity contribution in [2.75, 3.05) is 18.1 Å². The van der Waals surface area contributed by atoms with E-state index in [-0.39, 0.29) is 0 Å². The van der Waals surface area contributed by atoms with Crippen molar-refractivity contribution >= 4 is 40.0 Å². The number of fused-ring (bicyclic) bond motifs is 1. The zero-order valence-electron chi connectivity index (χ0n) is 15.5. The Morgan fingerprint density at radius 1 is 1.22 bits per heavy atom. The van der Waals surface area contributed by atoms with Crippen LogP contribution in [0.25, 0.3) is 10.8 Å². The number of halogens is 1. The molecule has 142 valence electrons. The molecule has 0 radical (unpaired) electrons. The summed E-state index contributed by atoms with van der Waals surface area (Å²) in [5.41, 5.74) is 0. The predicted molar refractivity (Wildman–Crippen MR) is 113 cm³/mol. The number of hydrogen-bond donors (Lipinski definition) is 1. The van der Waals surface area contributed by atoms with Crippen LogP contribution < -0.4 is 5.32 Å². The third-order valence-electron chi connectivity index (χ3n) is 5.18. The lowest BCUT2D eigenvalue weighted by Crippen LogP contribution is -2.12. The van der Waals surface area contributed by atoms with Crippen LogP contribution in [0.4, 0.5) is 5.82 Å². The third kappa shape index (κ3) is 4.06. The van der Waals surface area contributed by atoms with Gasteiger partial charge in [-0.05, 0) is 37.0 Å². The summed E-state index contributed by atoms with van der Waals surface area (Å²) in [5.74, 6) is 1.93.